The molecule has 2 aromatic heterocycles. The molecular weight excluding hydrogens is 545 g/mol. The third-order valence-electron chi connectivity index (χ3n) is 8.80. The van der Waals surface area contributed by atoms with Gasteiger partial charge in [0.15, 0.2) is 0 Å². The first-order valence-corrected chi connectivity index (χ1v) is 18.5. The molecule has 0 saturated carbocycles. The van der Waals surface area contributed by atoms with Crippen molar-refractivity contribution >= 4 is 75.2 Å². The van der Waals surface area contributed by atoms with Crippen molar-refractivity contribution in [1.29, 1.82) is 0 Å². The Hall–Kier alpha value is -2.42. The van der Waals surface area contributed by atoms with Crippen LogP contribution in [0.1, 0.15) is 114 Å². The first kappa shape index (κ1) is 31.0. The van der Waals surface area contributed by atoms with Crippen molar-refractivity contribution in [2.24, 2.45) is 0 Å². The molecule has 42 heavy (non-hydrogen) atoms. The van der Waals surface area contributed by atoms with E-state index in [2.05, 4.69) is 88.4 Å². The standard InChI is InChI=1S/C34H36S2.C6H14/c1-3-5-7-9-11-23-21-31-29-15-13-26-25(27(29)17-19-33(31)35-23)14-16-30-28(26)18-20-34-32(30)22-24(36-34)12-10-8-6-4-2;1-3-5-6-4-2/h13-22H,3-12H2,1-2H3;3-6H2,1-2H3. The predicted molar refractivity (Wildman–Crippen MR) is 195 cm³/mol. The molecule has 0 aliphatic heterocycles. The number of benzene rings is 4. The van der Waals surface area contributed by atoms with Crippen LogP contribution in [0.5, 0.6) is 0 Å². The highest BCUT2D eigenvalue weighted by Crippen LogP contribution is 2.40. The van der Waals surface area contributed by atoms with Crippen LogP contribution in [0.2, 0.25) is 0 Å². The first-order valence-electron chi connectivity index (χ1n) is 16.9. The molecule has 0 bridgehead atoms. The predicted octanol–water partition coefficient (Wildman–Crippen LogP) is 14.4. The summed E-state index contributed by atoms with van der Waals surface area (Å²) in [6.07, 6.45) is 18.6. The van der Waals surface area contributed by atoms with Gasteiger partial charge >= 0.3 is 0 Å². The number of hydrogen-bond donors (Lipinski definition) is 0. The maximum atomic E-state index is 2.47. The van der Waals surface area contributed by atoms with Gasteiger partial charge in [0.25, 0.3) is 0 Å². The number of fused-ring (bicyclic) bond motifs is 9. The van der Waals surface area contributed by atoms with E-state index in [1.165, 1.54) is 152 Å². The van der Waals surface area contributed by atoms with Crippen molar-refractivity contribution in [2.75, 3.05) is 0 Å². The van der Waals surface area contributed by atoms with Crippen LogP contribution in [0.3, 0.4) is 0 Å². The van der Waals surface area contributed by atoms with Crippen LogP contribution in [-0.2, 0) is 12.8 Å². The lowest BCUT2D eigenvalue weighted by molar-refractivity contribution is 0.670. The van der Waals surface area contributed by atoms with Crippen molar-refractivity contribution in [3.05, 3.63) is 70.4 Å². The van der Waals surface area contributed by atoms with E-state index in [-0.39, 0.29) is 0 Å². The summed E-state index contributed by atoms with van der Waals surface area (Å²) in [5.74, 6) is 0. The molecule has 0 unspecified atom stereocenters. The van der Waals surface area contributed by atoms with Gasteiger partial charge in [-0.15, -0.1) is 22.7 Å². The highest BCUT2D eigenvalue weighted by molar-refractivity contribution is 7.19. The molecule has 4 aromatic carbocycles. The molecule has 0 fully saturated rings. The third kappa shape index (κ3) is 7.03. The molecule has 6 rings (SSSR count). The summed E-state index contributed by atoms with van der Waals surface area (Å²) in [5.41, 5.74) is 0. The van der Waals surface area contributed by atoms with Crippen LogP contribution < -0.4 is 0 Å². The summed E-state index contributed by atoms with van der Waals surface area (Å²) in [5, 5.41) is 11.2. The molecule has 6 aromatic rings. The minimum Gasteiger partial charge on any atom is -0.140 e. The fourth-order valence-corrected chi connectivity index (χ4v) is 8.62. The minimum atomic E-state index is 1.22. The highest BCUT2D eigenvalue weighted by atomic mass is 32.1. The smallest absolute Gasteiger partial charge is 0.0352 e. The molecule has 0 spiro atoms. The Balaban J connectivity index is 0.000000535. The van der Waals surface area contributed by atoms with E-state index in [9.17, 15) is 0 Å². The Morgan fingerprint density at radius 1 is 0.357 bits per heavy atom. The second-order valence-electron chi connectivity index (χ2n) is 12.1. The topological polar surface area (TPSA) is 0 Å². The van der Waals surface area contributed by atoms with Crippen molar-refractivity contribution < 1.29 is 0 Å². The van der Waals surface area contributed by atoms with E-state index >= 15 is 0 Å². The van der Waals surface area contributed by atoms with Gasteiger partial charge in [-0.3, -0.25) is 0 Å². The van der Waals surface area contributed by atoms with Gasteiger partial charge in [-0.1, -0.05) is 128 Å². The third-order valence-corrected chi connectivity index (χ3v) is 11.1. The monoisotopic (exact) mass is 594 g/mol. The lowest BCUT2D eigenvalue weighted by Gasteiger charge is -2.09. The van der Waals surface area contributed by atoms with Crippen LogP contribution in [0.15, 0.2) is 60.7 Å². The van der Waals surface area contributed by atoms with Gasteiger partial charge in [-0.2, -0.15) is 0 Å². The van der Waals surface area contributed by atoms with Crippen LogP contribution in [-0.4, -0.2) is 0 Å². The Kier molecular flexibility index (Phi) is 11.3. The number of rotatable bonds is 13. The van der Waals surface area contributed by atoms with Gasteiger partial charge in [0.1, 0.15) is 0 Å². The van der Waals surface area contributed by atoms with Crippen LogP contribution in [0.25, 0.3) is 52.5 Å². The van der Waals surface area contributed by atoms with Gasteiger partial charge in [-0.05, 0) is 82.3 Å². The Bertz CT molecular complexity index is 1600. The number of unbranched alkanes of at least 4 members (excludes halogenated alkanes) is 9. The summed E-state index contributed by atoms with van der Waals surface area (Å²) in [6.45, 7) is 9.04. The van der Waals surface area contributed by atoms with Crippen molar-refractivity contribution in [3.63, 3.8) is 0 Å². The molecule has 0 radical (unpaired) electrons. The first-order chi connectivity index (χ1) is 20.7. The van der Waals surface area contributed by atoms with E-state index in [0.29, 0.717) is 0 Å². The van der Waals surface area contributed by atoms with Gasteiger partial charge in [0, 0.05) is 29.9 Å². The summed E-state index contributed by atoms with van der Waals surface area (Å²) < 4.78 is 2.86. The second-order valence-corrected chi connectivity index (χ2v) is 14.5. The summed E-state index contributed by atoms with van der Waals surface area (Å²) >= 11 is 3.98. The molecule has 2 heterocycles. The molecule has 0 nitrogen and oxygen atoms in total. The largest absolute Gasteiger partial charge is 0.140 e. The summed E-state index contributed by atoms with van der Waals surface area (Å²) in [4.78, 5) is 3.08. The summed E-state index contributed by atoms with van der Waals surface area (Å²) in [6, 6.07) is 23.9. The second kappa shape index (κ2) is 15.3. The number of aryl methyl sites for hydroxylation is 2. The van der Waals surface area contributed by atoms with Gasteiger partial charge in [-0.25, -0.2) is 0 Å². The minimum absolute atomic E-state index is 1.22. The summed E-state index contributed by atoms with van der Waals surface area (Å²) in [7, 11) is 0. The zero-order valence-corrected chi connectivity index (χ0v) is 28.1. The van der Waals surface area contributed by atoms with Crippen LogP contribution in [0, 0.1) is 0 Å². The molecule has 0 saturated heterocycles. The zero-order chi connectivity index (χ0) is 29.3. The van der Waals surface area contributed by atoms with E-state index in [0.717, 1.165) is 0 Å². The fraction of sp³-hybridized carbons (Fsp3) is 0.450. The Morgan fingerprint density at radius 3 is 1.02 bits per heavy atom. The maximum absolute atomic E-state index is 2.47. The molecule has 2 heteroatoms. The molecule has 222 valence electrons. The average Bonchev–Trinajstić information content (AvgIpc) is 3.64. The van der Waals surface area contributed by atoms with Gasteiger partial charge in [0.05, 0.1) is 0 Å². The Morgan fingerprint density at radius 2 is 0.667 bits per heavy atom. The average molecular weight is 595 g/mol. The molecule has 0 aliphatic rings. The van der Waals surface area contributed by atoms with Crippen molar-refractivity contribution in [3.8, 4) is 0 Å². The lowest BCUT2D eigenvalue weighted by Crippen LogP contribution is -1.82. The number of hydrogen-bond acceptors (Lipinski definition) is 2. The van der Waals surface area contributed by atoms with Crippen molar-refractivity contribution in [2.45, 2.75) is 118 Å². The molecule has 0 amide bonds. The van der Waals surface area contributed by atoms with Crippen molar-refractivity contribution in [1.82, 2.24) is 0 Å². The SMILES string of the molecule is CCCCCC.CCCCCCc1cc2c(ccc3c2ccc2c4ccc5sc(CCCCCC)cc5c4ccc32)s1. The molecule has 0 N–H and O–H groups in total. The number of thiophene rings is 2. The van der Waals surface area contributed by atoms with E-state index in [1.807, 2.05) is 22.7 Å². The molecule has 0 aliphatic carbocycles. The molecule has 0 atom stereocenters. The van der Waals surface area contributed by atoms with E-state index in [4.69, 9.17) is 0 Å². The van der Waals surface area contributed by atoms with Crippen LogP contribution >= 0.6 is 22.7 Å². The van der Waals surface area contributed by atoms with Gasteiger partial charge in [0.2, 0.25) is 0 Å². The maximum Gasteiger partial charge on any atom is 0.0352 e. The van der Waals surface area contributed by atoms with Gasteiger partial charge < -0.3 is 0 Å². The fourth-order valence-electron chi connectivity index (χ4n) is 6.38. The zero-order valence-electron chi connectivity index (χ0n) is 26.5. The highest BCUT2D eigenvalue weighted by Gasteiger charge is 2.12. The molecular formula is C40H50S2. The van der Waals surface area contributed by atoms with Crippen LogP contribution in [0.4, 0.5) is 0 Å². The van der Waals surface area contributed by atoms with E-state index in [1.54, 1.807) is 0 Å². The quantitative estimate of drug-likeness (QED) is 0.0921. The van der Waals surface area contributed by atoms with E-state index < -0.39 is 0 Å². The Labute approximate surface area is 262 Å². The normalized spacial score (nSPS) is 11.7. The lowest BCUT2D eigenvalue weighted by atomic mass is 9.94.